The molecule has 2 heteroatoms. The monoisotopic (exact) mass is 583 g/mol. The molecule has 212 valence electrons. The molecule has 0 atom stereocenters. The Morgan fingerprint density at radius 1 is 0.370 bits per heavy atom. The fourth-order valence-corrected chi connectivity index (χ4v) is 8.16. The topological polar surface area (TPSA) is 18.1 Å². The largest absolute Gasteiger partial charge is 0.456 e. The molecule has 1 aliphatic carbocycles. The van der Waals surface area contributed by atoms with Crippen LogP contribution in [0.25, 0.3) is 104 Å². The summed E-state index contributed by atoms with van der Waals surface area (Å²) in [4.78, 5) is 0. The molecule has 0 amide bonds. The van der Waals surface area contributed by atoms with E-state index in [0.29, 0.717) is 0 Å². The van der Waals surface area contributed by atoms with Crippen LogP contribution in [0.2, 0.25) is 0 Å². The molecule has 0 saturated heterocycles. The fraction of sp³-hybridized carbons (Fsp3) is 0. The lowest BCUT2D eigenvalue weighted by molar-refractivity contribution is 0.669. The number of hydrogen-bond donors (Lipinski definition) is 0. The summed E-state index contributed by atoms with van der Waals surface area (Å²) in [5, 5.41) is 9.96. The van der Waals surface area contributed by atoms with Gasteiger partial charge in [0.15, 0.2) is 0 Å². The SMILES string of the molecule is c1cc(-c2ccc3c4c(cccc24)-c2ccccc2-3)cc(-n2c3cc4oc5ccccc5c4cc3c3c4ccccc4ccc32)c1. The van der Waals surface area contributed by atoms with E-state index in [4.69, 9.17) is 4.42 Å². The molecule has 2 nitrogen and oxygen atoms in total. The number of rotatable bonds is 2. The van der Waals surface area contributed by atoms with Crippen molar-refractivity contribution in [2.45, 2.75) is 0 Å². The molecule has 11 rings (SSSR count). The molecule has 0 spiro atoms. The lowest BCUT2D eigenvalue weighted by Gasteiger charge is -2.13. The summed E-state index contributed by atoms with van der Waals surface area (Å²) >= 11 is 0. The van der Waals surface area contributed by atoms with Crippen molar-refractivity contribution >= 4 is 65.3 Å². The van der Waals surface area contributed by atoms with Gasteiger partial charge < -0.3 is 8.98 Å². The molecule has 0 fully saturated rings. The highest BCUT2D eigenvalue weighted by atomic mass is 16.3. The standard InChI is InChI=1S/C44H25NO/c1-2-12-30-26(9-1)19-22-39-44(30)38-24-37-33-15-5-6-18-41(33)46-42(37)25-40(38)45(39)28-11-7-10-27(23-28)29-20-21-36-32-14-4-3-13-31(32)35-17-8-16-34(29)43(35)36/h1-25H. The van der Waals surface area contributed by atoms with Gasteiger partial charge in [-0.25, -0.2) is 0 Å². The highest BCUT2D eigenvalue weighted by molar-refractivity contribution is 6.25. The summed E-state index contributed by atoms with van der Waals surface area (Å²) in [6.45, 7) is 0. The number of nitrogens with zero attached hydrogens (tertiary/aromatic N) is 1. The van der Waals surface area contributed by atoms with Crippen LogP contribution in [-0.2, 0) is 0 Å². The van der Waals surface area contributed by atoms with Gasteiger partial charge in [0, 0.05) is 33.3 Å². The van der Waals surface area contributed by atoms with Crippen molar-refractivity contribution in [1.82, 2.24) is 4.57 Å². The Labute approximate surface area is 264 Å². The zero-order valence-corrected chi connectivity index (χ0v) is 24.8. The van der Waals surface area contributed by atoms with E-state index < -0.39 is 0 Å². The summed E-state index contributed by atoms with van der Waals surface area (Å²) in [7, 11) is 0. The minimum Gasteiger partial charge on any atom is -0.456 e. The van der Waals surface area contributed by atoms with E-state index in [0.717, 1.165) is 33.1 Å². The van der Waals surface area contributed by atoms with Gasteiger partial charge >= 0.3 is 0 Å². The number of fused-ring (bicyclic) bond motifs is 11. The number of hydrogen-bond acceptors (Lipinski definition) is 1. The van der Waals surface area contributed by atoms with E-state index in [9.17, 15) is 0 Å². The Balaban J connectivity index is 1.20. The lowest BCUT2D eigenvalue weighted by Crippen LogP contribution is -1.94. The first-order valence-corrected chi connectivity index (χ1v) is 15.9. The van der Waals surface area contributed by atoms with Crippen LogP contribution in [0, 0.1) is 0 Å². The van der Waals surface area contributed by atoms with Crippen LogP contribution in [0.15, 0.2) is 156 Å². The molecule has 0 saturated carbocycles. The van der Waals surface area contributed by atoms with Crippen LogP contribution in [0.3, 0.4) is 0 Å². The van der Waals surface area contributed by atoms with Gasteiger partial charge in [0.05, 0.1) is 11.0 Å². The first kappa shape index (κ1) is 24.2. The predicted octanol–water partition coefficient (Wildman–Crippen LogP) is 12.3. The number of benzene rings is 8. The summed E-state index contributed by atoms with van der Waals surface area (Å²) in [5.41, 5.74) is 13.0. The molecule has 0 N–H and O–H groups in total. The van der Waals surface area contributed by atoms with Gasteiger partial charge in [-0.2, -0.15) is 0 Å². The summed E-state index contributed by atoms with van der Waals surface area (Å²) in [5.74, 6) is 0. The second-order valence-electron chi connectivity index (χ2n) is 12.5. The van der Waals surface area contributed by atoms with Crippen LogP contribution in [0.1, 0.15) is 0 Å². The Morgan fingerprint density at radius 2 is 1.09 bits per heavy atom. The first-order valence-electron chi connectivity index (χ1n) is 15.9. The Hall–Kier alpha value is -6.12. The van der Waals surface area contributed by atoms with E-state index in [1.165, 1.54) is 71.2 Å². The molecular formula is C44H25NO. The van der Waals surface area contributed by atoms with Gasteiger partial charge in [-0.15, -0.1) is 0 Å². The van der Waals surface area contributed by atoms with Crippen molar-refractivity contribution in [3.05, 3.63) is 152 Å². The third-order valence-corrected chi connectivity index (χ3v) is 10.1. The van der Waals surface area contributed by atoms with Crippen molar-refractivity contribution in [2.24, 2.45) is 0 Å². The van der Waals surface area contributed by atoms with E-state index in [2.05, 4.69) is 150 Å². The Bertz CT molecular complexity index is 2890. The van der Waals surface area contributed by atoms with E-state index >= 15 is 0 Å². The van der Waals surface area contributed by atoms with Crippen molar-refractivity contribution in [3.8, 4) is 39.1 Å². The summed E-state index contributed by atoms with van der Waals surface area (Å²) in [6.07, 6.45) is 0. The van der Waals surface area contributed by atoms with E-state index in [1.54, 1.807) is 0 Å². The van der Waals surface area contributed by atoms with Crippen molar-refractivity contribution in [2.75, 3.05) is 0 Å². The molecule has 46 heavy (non-hydrogen) atoms. The number of para-hydroxylation sites is 1. The zero-order valence-electron chi connectivity index (χ0n) is 24.8. The van der Waals surface area contributed by atoms with Gasteiger partial charge in [-0.05, 0) is 85.3 Å². The van der Waals surface area contributed by atoms with Gasteiger partial charge in [0.25, 0.3) is 0 Å². The molecule has 10 aromatic rings. The molecule has 0 bridgehead atoms. The van der Waals surface area contributed by atoms with Gasteiger partial charge in [-0.3, -0.25) is 0 Å². The molecule has 0 unspecified atom stereocenters. The third-order valence-electron chi connectivity index (χ3n) is 10.1. The number of aromatic nitrogens is 1. The maximum atomic E-state index is 6.42. The predicted molar refractivity (Wildman–Crippen MR) is 193 cm³/mol. The Morgan fingerprint density at radius 3 is 2.00 bits per heavy atom. The summed E-state index contributed by atoms with van der Waals surface area (Å²) < 4.78 is 8.84. The molecule has 2 heterocycles. The highest BCUT2D eigenvalue weighted by Crippen LogP contribution is 2.49. The number of furan rings is 1. The molecule has 2 aromatic heterocycles. The zero-order chi connectivity index (χ0) is 29.9. The van der Waals surface area contributed by atoms with Gasteiger partial charge in [0.1, 0.15) is 11.2 Å². The van der Waals surface area contributed by atoms with Crippen molar-refractivity contribution in [1.29, 1.82) is 0 Å². The van der Waals surface area contributed by atoms with Crippen molar-refractivity contribution in [3.63, 3.8) is 0 Å². The van der Waals surface area contributed by atoms with Crippen molar-refractivity contribution < 1.29 is 4.42 Å². The minimum absolute atomic E-state index is 0.908. The minimum atomic E-state index is 0.908. The second-order valence-corrected chi connectivity index (χ2v) is 12.5. The molecule has 8 aromatic carbocycles. The maximum absolute atomic E-state index is 6.42. The van der Waals surface area contributed by atoms with Crippen LogP contribution >= 0.6 is 0 Å². The highest BCUT2D eigenvalue weighted by Gasteiger charge is 2.23. The quantitative estimate of drug-likeness (QED) is 0.198. The van der Waals surface area contributed by atoms with Crippen LogP contribution in [0.4, 0.5) is 0 Å². The fourth-order valence-electron chi connectivity index (χ4n) is 8.16. The normalized spacial score (nSPS) is 12.3. The lowest BCUT2D eigenvalue weighted by atomic mass is 9.94. The van der Waals surface area contributed by atoms with Crippen LogP contribution < -0.4 is 0 Å². The summed E-state index contributed by atoms with van der Waals surface area (Å²) in [6, 6.07) is 55.3. The average molecular weight is 584 g/mol. The van der Waals surface area contributed by atoms with Crippen LogP contribution in [-0.4, -0.2) is 4.57 Å². The van der Waals surface area contributed by atoms with E-state index in [1.807, 2.05) is 6.07 Å². The smallest absolute Gasteiger partial charge is 0.137 e. The molecule has 0 aliphatic heterocycles. The molecule has 0 radical (unpaired) electrons. The third kappa shape index (κ3) is 3.10. The second kappa shape index (κ2) is 8.74. The Kier molecular flexibility index (Phi) is 4.61. The molecular weight excluding hydrogens is 558 g/mol. The van der Waals surface area contributed by atoms with Crippen LogP contribution in [0.5, 0.6) is 0 Å². The van der Waals surface area contributed by atoms with Gasteiger partial charge in [-0.1, -0.05) is 115 Å². The van der Waals surface area contributed by atoms with Gasteiger partial charge in [0.2, 0.25) is 0 Å². The van der Waals surface area contributed by atoms with E-state index in [-0.39, 0.29) is 0 Å². The maximum Gasteiger partial charge on any atom is 0.137 e. The average Bonchev–Trinajstić information content (AvgIpc) is 3.76. The molecule has 1 aliphatic rings. The first-order chi connectivity index (χ1) is 22.8.